The van der Waals surface area contributed by atoms with Gasteiger partial charge in [0, 0.05) is 6.42 Å². The SMILES string of the molecule is O=C(O)CCCNC(O)C=Cc1cnc[nH]1. The third-order valence-electron chi connectivity index (χ3n) is 1.90. The fourth-order valence-corrected chi connectivity index (χ4v) is 1.11. The molecule has 6 heteroatoms. The van der Waals surface area contributed by atoms with E-state index in [9.17, 15) is 9.90 Å². The Kier molecular flexibility index (Phi) is 5.24. The Balaban J connectivity index is 2.15. The van der Waals surface area contributed by atoms with Crippen LogP contribution in [0.4, 0.5) is 0 Å². The van der Waals surface area contributed by atoms with Crippen molar-refractivity contribution in [3.05, 3.63) is 24.3 Å². The summed E-state index contributed by atoms with van der Waals surface area (Å²) in [4.78, 5) is 16.9. The number of H-pyrrole nitrogens is 1. The summed E-state index contributed by atoms with van der Waals surface area (Å²) in [7, 11) is 0. The molecule has 1 rings (SSSR count). The fourth-order valence-electron chi connectivity index (χ4n) is 1.11. The molecule has 1 unspecified atom stereocenters. The van der Waals surface area contributed by atoms with Crippen LogP contribution in [0.15, 0.2) is 18.6 Å². The molecule has 0 aromatic carbocycles. The number of nitrogens with zero attached hydrogens (tertiary/aromatic N) is 1. The maximum atomic E-state index is 10.2. The molecule has 1 atom stereocenters. The van der Waals surface area contributed by atoms with Crippen molar-refractivity contribution < 1.29 is 15.0 Å². The van der Waals surface area contributed by atoms with E-state index in [4.69, 9.17) is 5.11 Å². The molecule has 1 heterocycles. The lowest BCUT2D eigenvalue weighted by molar-refractivity contribution is -0.137. The average molecular weight is 225 g/mol. The van der Waals surface area contributed by atoms with Crippen molar-refractivity contribution in [2.75, 3.05) is 6.54 Å². The zero-order valence-corrected chi connectivity index (χ0v) is 8.76. The highest BCUT2D eigenvalue weighted by molar-refractivity contribution is 5.66. The molecule has 1 aromatic rings. The van der Waals surface area contributed by atoms with Crippen molar-refractivity contribution in [3.63, 3.8) is 0 Å². The highest BCUT2D eigenvalue weighted by Crippen LogP contribution is 1.95. The van der Waals surface area contributed by atoms with Gasteiger partial charge in [-0.05, 0) is 25.1 Å². The minimum atomic E-state index is -0.829. The minimum absolute atomic E-state index is 0.101. The first-order valence-electron chi connectivity index (χ1n) is 4.98. The van der Waals surface area contributed by atoms with E-state index in [2.05, 4.69) is 15.3 Å². The Bertz CT molecular complexity index is 335. The number of carboxylic acid groups (broad SMARTS) is 1. The Morgan fingerprint density at radius 2 is 2.50 bits per heavy atom. The number of rotatable bonds is 7. The Morgan fingerprint density at radius 1 is 1.69 bits per heavy atom. The van der Waals surface area contributed by atoms with E-state index in [-0.39, 0.29) is 6.42 Å². The van der Waals surface area contributed by atoms with E-state index in [1.165, 1.54) is 0 Å². The predicted octanol–water partition coefficient (Wildman–Crippen LogP) is 0.196. The summed E-state index contributed by atoms with van der Waals surface area (Å²) < 4.78 is 0. The second-order valence-electron chi connectivity index (χ2n) is 3.26. The quantitative estimate of drug-likeness (QED) is 0.392. The summed E-state index contributed by atoms with van der Waals surface area (Å²) in [6.45, 7) is 0.459. The van der Waals surface area contributed by atoms with E-state index < -0.39 is 12.2 Å². The predicted molar refractivity (Wildman–Crippen MR) is 58.5 cm³/mol. The first kappa shape index (κ1) is 12.4. The van der Waals surface area contributed by atoms with Crippen LogP contribution >= 0.6 is 0 Å². The molecular weight excluding hydrogens is 210 g/mol. The van der Waals surface area contributed by atoms with Crippen LogP contribution in [0.2, 0.25) is 0 Å². The van der Waals surface area contributed by atoms with E-state index in [1.807, 2.05) is 0 Å². The molecule has 0 bridgehead atoms. The van der Waals surface area contributed by atoms with Crippen LogP contribution in [-0.4, -0.2) is 38.9 Å². The normalized spacial score (nSPS) is 13.1. The molecular formula is C10H15N3O3. The number of aliphatic carboxylic acids is 1. The van der Waals surface area contributed by atoms with Gasteiger partial charge in [0.05, 0.1) is 18.2 Å². The zero-order valence-electron chi connectivity index (χ0n) is 8.76. The van der Waals surface area contributed by atoms with Gasteiger partial charge < -0.3 is 15.2 Å². The fraction of sp³-hybridized carbons (Fsp3) is 0.400. The van der Waals surface area contributed by atoms with Gasteiger partial charge in [-0.2, -0.15) is 0 Å². The molecule has 4 N–H and O–H groups in total. The second kappa shape index (κ2) is 6.76. The number of carboxylic acids is 1. The molecule has 0 spiro atoms. The Labute approximate surface area is 93.0 Å². The first-order chi connectivity index (χ1) is 7.68. The first-order valence-corrected chi connectivity index (χ1v) is 4.98. The Morgan fingerprint density at radius 3 is 3.12 bits per heavy atom. The molecule has 0 saturated carbocycles. The highest BCUT2D eigenvalue weighted by atomic mass is 16.4. The molecule has 0 saturated heterocycles. The second-order valence-corrected chi connectivity index (χ2v) is 3.26. The van der Waals surface area contributed by atoms with E-state index >= 15 is 0 Å². The lowest BCUT2D eigenvalue weighted by Crippen LogP contribution is -2.27. The van der Waals surface area contributed by atoms with E-state index in [0.29, 0.717) is 13.0 Å². The maximum absolute atomic E-state index is 10.2. The monoisotopic (exact) mass is 225 g/mol. The van der Waals surface area contributed by atoms with Gasteiger partial charge in [0.15, 0.2) is 0 Å². The van der Waals surface area contributed by atoms with E-state index in [0.717, 1.165) is 5.69 Å². The summed E-state index contributed by atoms with van der Waals surface area (Å²) in [5, 5.41) is 20.6. The van der Waals surface area contributed by atoms with Crippen molar-refractivity contribution in [1.29, 1.82) is 0 Å². The topological polar surface area (TPSA) is 98.2 Å². The molecule has 0 aliphatic carbocycles. The van der Waals surface area contributed by atoms with Crippen molar-refractivity contribution in [1.82, 2.24) is 15.3 Å². The number of nitrogens with one attached hydrogen (secondary N) is 2. The summed E-state index contributed by atoms with van der Waals surface area (Å²) in [6.07, 6.45) is 6.25. The van der Waals surface area contributed by atoms with Crippen LogP contribution in [-0.2, 0) is 4.79 Å². The van der Waals surface area contributed by atoms with Gasteiger partial charge in [-0.15, -0.1) is 0 Å². The standard InChI is InChI=1S/C10H15N3O3/c14-9(12-5-1-2-10(15)16)4-3-8-6-11-7-13-8/h3-4,6-7,9,12,14H,1-2,5H2,(H,11,13)(H,15,16). The molecule has 0 fully saturated rings. The smallest absolute Gasteiger partial charge is 0.303 e. The molecule has 1 aromatic heterocycles. The van der Waals surface area contributed by atoms with Crippen molar-refractivity contribution in [3.8, 4) is 0 Å². The highest BCUT2D eigenvalue weighted by Gasteiger charge is 1.99. The van der Waals surface area contributed by atoms with Crippen LogP contribution in [0.1, 0.15) is 18.5 Å². The van der Waals surface area contributed by atoms with Crippen molar-refractivity contribution in [2.24, 2.45) is 0 Å². The number of aromatic nitrogens is 2. The lowest BCUT2D eigenvalue weighted by atomic mass is 10.3. The summed E-state index contributed by atoms with van der Waals surface area (Å²) in [6, 6.07) is 0. The molecule has 88 valence electrons. The summed E-state index contributed by atoms with van der Waals surface area (Å²) in [5.74, 6) is -0.829. The van der Waals surface area contributed by atoms with Gasteiger partial charge in [-0.25, -0.2) is 4.98 Å². The van der Waals surface area contributed by atoms with Crippen LogP contribution in [0.3, 0.4) is 0 Å². The molecule has 0 aliphatic heterocycles. The maximum Gasteiger partial charge on any atom is 0.303 e. The number of hydrogen-bond acceptors (Lipinski definition) is 4. The van der Waals surface area contributed by atoms with Gasteiger partial charge in [0.25, 0.3) is 0 Å². The Hall–Kier alpha value is -1.66. The number of hydrogen-bond donors (Lipinski definition) is 4. The van der Waals surface area contributed by atoms with Crippen LogP contribution < -0.4 is 5.32 Å². The van der Waals surface area contributed by atoms with Crippen LogP contribution in [0, 0.1) is 0 Å². The number of aliphatic hydroxyl groups excluding tert-OH is 1. The van der Waals surface area contributed by atoms with Crippen LogP contribution in [0.5, 0.6) is 0 Å². The third-order valence-corrected chi connectivity index (χ3v) is 1.90. The van der Waals surface area contributed by atoms with Gasteiger partial charge in [0.2, 0.25) is 0 Å². The van der Waals surface area contributed by atoms with Gasteiger partial charge in [0.1, 0.15) is 6.23 Å². The minimum Gasteiger partial charge on any atom is -0.481 e. The molecule has 6 nitrogen and oxygen atoms in total. The van der Waals surface area contributed by atoms with E-state index in [1.54, 1.807) is 24.7 Å². The van der Waals surface area contributed by atoms with Crippen molar-refractivity contribution in [2.45, 2.75) is 19.1 Å². The van der Waals surface area contributed by atoms with Crippen molar-refractivity contribution >= 4 is 12.0 Å². The molecule has 0 amide bonds. The third kappa shape index (κ3) is 5.28. The van der Waals surface area contributed by atoms with Gasteiger partial charge in [-0.1, -0.05) is 0 Å². The number of aliphatic hydroxyl groups is 1. The van der Waals surface area contributed by atoms with Gasteiger partial charge >= 0.3 is 5.97 Å². The molecule has 0 aliphatic rings. The largest absolute Gasteiger partial charge is 0.481 e. The average Bonchev–Trinajstić information content (AvgIpc) is 2.74. The number of imidazole rings is 1. The lowest BCUT2D eigenvalue weighted by Gasteiger charge is -2.06. The molecule has 0 radical (unpaired) electrons. The summed E-state index contributed by atoms with van der Waals surface area (Å²) >= 11 is 0. The molecule has 16 heavy (non-hydrogen) atoms. The van der Waals surface area contributed by atoms with Gasteiger partial charge in [-0.3, -0.25) is 10.1 Å². The summed E-state index contributed by atoms with van der Waals surface area (Å²) in [5.41, 5.74) is 0.798. The number of aromatic amines is 1. The zero-order chi connectivity index (χ0) is 11.8. The number of carbonyl (C=O) groups is 1. The van der Waals surface area contributed by atoms with Crippen LogP contribution in [0.25, 0.3) is 6.08 Å².